The highest BCUT2D eigenvalue weighted by Crippen LogP contribution is 2.41. The van der Waals surface area contributed by atoms with E-state index in [9.17, 15) is 9.59 Å². The minimum absolute atomic E-state index is 0.102. The van der Waals surface area contributed by atoms with Crippen LogP contribution in [0.1, 0.15) is 75.1 Å². The van der Waals surface area contributed by atoms with Crippen molar-refractivity contribution >= 4 is 28.6 Å². The molecule has 0 bridgehead atoms. The largest absolute Gasteiger partial charge is 0.466 e. The predicted octanol–water partition coefficient (Wildman–Crippen LogP) is 5.18. The van der Waals surface area contributed by atoms with Crippen molar-refractivity contribution in [1.29, 1.82) is 0 Å². The van der Waals surface area contributed by atoms with E-state index in [2.05, 4.69) is 40.1 Å². The van der Waals surface area contributed by atoms with Crippen LogP contribution in [0.25, 0.3) is 16.7 Å². The summed E-state index contributed by atoms with van der Waals surface area (Å²) >= 11 is 0. The average Bonchev–Trinajstić information content (AvgIpc) is 3.54. The van der Waals surface area contributed by atoms with Crippen LogP contribution in [0.4, 0.5) is 5.82 Å². The van der Waals surface area contributed by atoms with Gasteiger partial charge in [-0.1, -0.05) is 0 Å². The van der Waals surface area contributed by atoms with Crippen molar-refractivity contribution < 1.29 is 23.8 Å². The number of anilines is 1. The van der Waals surface area contributed by atoms with Crippen molar-refractivity contribution in [2.75, 3.05) is 32.2 Å². The molecule has 1 aliphatic carbocycles. The summed E-state index contributed by atoms with van der Waals surface area (Å²) in [5.41, 5.74) is 3.54. The third kappa shape index (κ3) is 5.70. The van der Waals surface area contributed by atoms with E-state index in [0.717, 1.165) is 60.1 Å². The second kappa shape index (κ2) is 11.4. The van der Waals surface area contributed by atoms with Gasteiger partial charge < -0.3 is 24.1 Å². The molecule has 9 nitrogen and oxygen atoms in total. The molecule has 39 heavy (non-hydrogen) atoms. The maximum absolute atomic E-state index is 12.0. The van der Waals surface area contributed by atoms with E-state index >= 15 is 0 Å². The molecule has 1 N–H and O–H groups in total. The Balaban J connectivity index is 1.52. The first kappa shape index (κ1) is 27.3. The number of fused-ring (bicyclic) bond motifs is 1. The van der Waals surface area contributed by atoms with Crippen LogP contribution < -0.4 is 5.32 Å². The van der Waals surface area contributed by atoms with E-state index < -0.39 is 5.60 Å². The van der Waals surface area contributed by atoms with Crippen molar-refractivity contribution in [3.63, 3.8) is 0 Å². The van der Waals surface area contributed by atoms with E-state index in [1.54, 1.807) is 7.11 Å². The highest BCUT2D eigenvalue weighted by molar-refractivity contribution is 5.92. The first-order valence-electron chi connectivity index (χ1n) is 13.9. The van der Waals surface area contributed by atoms with Crippen molar-refractivity contribution in [3.05, 3.63) is 47.4 Å². The van der Waals surface area contributed by atoms with Crippen molar-refractivity contribution in [1.82, 2.24) is 14.5 Å². The molecule has 208 valence electrons. The molecule has 1 amide bonds. The third-order valence-corrected chi connectivity index (χ3v) is 8.12. The zero-order valence-electron chi connectivity index (χ0n) is 23.3. The minimum Gasteiger partial charge on any atom is -0.466 e. The van der Waals surface area contributed by atoms with Gasteiger partial charge in [0.15, 0.2) is 0 Å². The van der Waals surface area contributed by atoms with Gasteiger partial charge in [0.2, 0.25) is 5.91 Å². The Hall–Kier alpha value is -3.30. The van der Waals surface area contributed by atoms with Crippen LogP contribution >= 0.6 is 0 Å². The molecular weight excluding hydrogens is 496 g/mol. The number of rotatable bonds is 8. The molecule has 5 rings (SSSR count). The summed E-state index contributed by atoms with van der Waals surface area (Å²) in [6, 6.07) is 6.06. The SMILES string of the molecule is CCOC(=O)CC1CCC(c2cn(-c3cc(C)cc([C@]4(OC)CCOC4)n3)c3cc(NC(C)=O)ncc23)CC1. The molecule has 3 aromatic rings. The zero-order chi connectivity index (χ0) is 27.6. The van der Waals surface area contributed by atoms with Gasteiger partial charge in [0.1, 0.15) is 17.2 Å². The number of amides is 1. The van der Waals surface area contributed by atoms with Gasteiger partial charge in [-0.15, -0.1) is 0 Å². The fourth-order valence-electron chi connectivity index (χ4n) is 6.06. The first-order chi connectivity index (χ1) is 18.8. The number of nitrogens with one attached hydrogen (secondary N) is 1. The van der Waals surface area contributed by atoms with Crippen LogP contribution in [-0.2, 0) is 29.4 Å². The third-order valence-electron chi connectivity index (χ3n) is 8.12. The molecular formula is C30H38N4O5. The van der Waals surface area contributed by atoms with Gasteiger partial charge in [0.05, 0.1) is 24.4 Å². The standard InChI is InChI=1S/C30H38N4O5/c1-5-39-29(36)14-21-6-8-22(9-7-21)24-17-34(25-15-27(32-20(3)35)31-16-23(24)25)28-13-19(2)12-26(33-28)30(37-4)10-11-38-18-30/h12-13,15-17,21-22H,5-11,14,18H2,1-4H3,(H,31,32,35)/t21?,22?,30-/m0/s1. The number of carbonyl (C=O) groups excluding carboxylic acids is 2. The number of hydrogen-bond donors (Lipinski definition) is 1. The van der Waals surface area contributed by atoms with Gasteiger partial charge in [-0.05, 0) is 74.6 Å². The van der Waals surface area contributed by atoms with Gasteiger partial charge in [-0.2, -0.15) is 0 Å². The second-order valence-corrected chi connectivity index (χ2v) is 10.8. The van der Waals surface area contributed by atoms with Crippen LogP contribution in [-0.4, -0.2) is 53.3 Å². The number of carbonyl (C=O) groups is 2. The molecule has 4 heterocycles. The van der Waals surface area contributed by atoms with Crippen molar-refractivity contribution in [2.24, 2.45) is 5.92 Å². The summed E-state index contributed by atoms with van der Waals surface area (Å²) in [5.74, 6) is 1.73. The van der Waals surface area contributed by atoms with Gasteiger partial charge >= 0.3 is 5.97 Å². The summed E-state index contributed by atoms with van der Waals surface area (Å²) in [6.45, 7) is 6.93. The van der Waals surface area contributed by atoms with Crippen molar-refractivity contribution in [2.45, 2.75) is 70.8 Å². The highest BCUT2D eigenvalue weighted by Gasteiger charge is 2.39. The fraction of sp³-hybridized carbons (Fsp3) is 0.533. The number of nitrogens with zero attached hydrogens (tertiary/aromatic N) is 3. The highest BCUT2D eigenvalue weighted by atomic mass is 16.5. The average molecular weight is 535 g/mol. The van der Waals surface area contributed by atoms with E-state index in [-0.39, 0.29) is 11.9 Å². The molecule has 1 atom stereocenters. The molecule has 0 unspecified atom stereocenters. The summed E-state index contributed by atoms with van der Waals surface area (Å²) in [7, 11) is 1.71. The molecule has 0 aromatic carbocycles. The molecule has 1 saturated heterocycles. The molecule has 1 saturated carbocycles. The van der Waals surface area contributed by atoms with Crippen LogP contribution in [0.15, 0.2) is 30.6 Å². The van der Waals surface area contributed by atoms with Crippen LogP contribution in [0.2, 0.25) is 0 Å². The van der Waals surface area contributed by atoms with Crippen molar-refractivity contribution in [3.8, 4) is 5.82 Å². The van der Waals surface area contributed by atoms with Gasteiger partial charge in [-0.3, -0.25) is 9.59 Å². The Labute approximate surface area is 229 Å². The molecule has 2 fully saturated rings. The van der Waals surface area contributed by atoms with E-state index in [0.29, 0.717) is 43.9 Å². The fourth-order valence-corrected chi connectivity index (χ4v) is 6.06. The number of pyridine rings is 2. The second-order valence-electron chi connectivity index (χ2n) is 10.8. The molecule has 1 aliphatic heterocycles. The van der Waals surface area contributed by atoms with Gasteiger partial charge in [0, 0.05) is 57.3 Å². The minimum atomic E-state index is -0.563. The Morgan fingerprint density at radius 3 is 2.67 bits per heavy atom. The Kier molecular flexibility index (Phi) is 8.00. The summed E-state index contributed by atoms with van der Waals surface area (Å²) in [5, 5.41) is 3.87. The Morgan fingerprint density at radius 2 is 2.00 bits per heavy atom. The topological polar surface area (TPSA) is 105 Å². The lowest BCUT2D eigenvalue weighted by Gasteiger charge is -2.28. The van der Waals surface area contributed by atoms with E-state index in [4.69, 9.17) is 19.2 Å². The van der Waals surface area contributed by atoms with Gasteiger partial charge in [0.25, 0.3) is 0 Å². The number of hydrogen-bond acceptors (Lipinski definition) is 7. The molecule has 3 aromatic heterocycles. The van der Waals surface area contributed by atoms with E-state index in [1.165, 1.54) is 12.5 Å². The summed E-state index contributed by atoms with van der Waals surface area (Å²) < 4.78 is 18.9. The van der Waals surface area contributed by atoms with Crippen LogP contribution in [0.5, 0.6) is 0 Å². The Bertz CT molecular complexity index is 1350. The smallest absolute Gasteiger partial charge is 0.306 e. The number of methoxy groups -OCH3 is 1. The quantitative estimate of drug-likeness (QED) is 0.397. The normalized spacial score (nSPS) is 23.2. The van der Waals surface area contributed by atoms with Crippen LogP contribution in [0.3, 0.4) is 0 Å². The summed E-state index contributed by atoms with van der Waals surface area (Å²) in [4.78, 5) is 33.4. The molecule has 0 radical (unpaired) electrons. The zero-order valence-corrected chi connectivity index (χ0v) is 23.3. The van der Waals surface area contributed by atoms with E-state index in [1.807, 2.05) is 19.2 Å². The monoisotopic (exact) mass is 534 g/mol. The predicted molar refractivity (Wildman–Crippen MR) is 148 cm³/mol. The number of ether oxygens (including phenoxy) is 3. The number of aromatic nitrogens is 3. The lowest BCUT2D eigenvalue weighted by atomic mass is 9.77. The molecule has 2 aliphatic rings. The van der Waals surface area contributed by atoms with Gasteiger partial charge in [-0.25, -0.2) is 9.97 Å². The van der Waals surface area contributed by atoms with Crippen LogP contribution in [0, 0.1) is 12.8 Å². The maximum Gasteiger partial charge on any atom is 0.306 e. The molecule has 9 heteroatoms. The summed E-state index contributed by atoms with van der Waals surface area (Å²) in [6.07, 6.45) is 9.23. The Morgan fingerprint density at radius 1 is 1.21 bits per heavy atom. The number of esters is 1. The lowest BCUT2D eigenvalue weighted by molar-refractivity contribution is -0.144. The molecule has 0 spiro atoms. The number of aryl methyl sites for hydroxylation is 1. The first-order valence-corrected chi connectivity index (χ1v) is 13.9. The maximum atomic E-state index is 12.0. The lowest BCUT2D eigenvalue weighted by Crippen LogP contribution is -2.30.